The van der Waals surface area contributed by atoms with Crippen LogP contribution in [0.5, 0.6) is 5.75 Å². The molecule has 0 bridgehead atoms. The van der Waals surface area contributed by atoms with Crippen molar-refractivity contribution < 1.29 is 52.2 Å². The maximum atomic E-state index is 14.3. The van der Waals surface area contributed by atoms with E-state index in [1.807, 2.05) is 18.2 Å². The van der Waals surface area contributed by atoms with Crippen LogP contribution in [-0.4, -0.2) is 127 Å². The summed E-state index contributed by atoms with van der Waals surface area (Å²) in [4.78, 5) is 26.9. The van der Waals surface area contributed by atoms with E-state index in [1.54, 1.807) is 13.2 Å². The average Bonchev–Trinajstić information content (AvgIpc) is 3.54. The molecule has 1 aliphatic heterocycles. The summed E-state index contributed by atoms with van der Waals surface area (Å²) in [7, 11) is 1.61. The number of amides is 2. The number of ether oxygens (including phenoxy) is 9. The molecular weight excluding hydrogens is 1020 g/mol. The molecule has 2 amide bonds. The number of hydrogen-bond donors (Lipinski definition) is 2. The molecule has 0 spiro atoms. The first-order chi connectivity index (χ1) is 39.8. The third-order valence-electron chi connectivity index (χ3n) is 15.7. The second-order valence-electron chi connectivity index (χ2n) is 23.1. The highest BCUT2D eigenvalue weighted by Gasteiger charge is 2.49. The minimum absolute atomic E-state index is 0.0107. The monoisotopic (exact) mass is 1150 g/mol. The maximum Gasteiger partial charge on any atom is 0.251 e. The zero-order valence-corrected chi connectivity index (χ0v) is 53.5. The van der Waals surface area contributed by atoms with Gasteiger partial charge in [0.1, 0.15) is 36.3 Å². The minimum Gasteiger partial charge on any atom is -0.497 e. The number of carbonyl (C=O) groups excluding carboxylic acids is 2. The zero-order chi connectivity index (χ0) is 58.6. The Labute approximate surface area is 496 Å². The predicted octanol–water partition coefficient (Wildman–Crippen LogP) is 16.4. The first kappa shape index (κ1) is 74.7. The third kappa shape index (κ3) is 36.3. The van der Waals surface area contributed by atoms with Crippen LogP contribution in [0.4, 0.5) is 0 Å². The van der Waals surface area contributed by atoms with Crippen LogP contribution in [0.3, 0.4) is 0 Å². The van der Waals surface area contributed by atoms with Gasteiger partial charge in [-0.2, -0.15) is 0 Å². The van der Waals surface area contributed by atoms with Crippen LogP contribution < -0.4 is 15.4 Å². The van der Waals surface area contributed by atoms with Crippen LogP contribution in [0.15, 0.2) is 24.3 Å². The molecule has 1 fully saturated rings. The van der Waals surface area contributed by atoms with Crippen molar-refractivity contribution in [3.05, 3.63) is 29.8 Å². The summed E-state index contributed by atoms with van der Waals surface area (Å²) in [6.45, 7) is 20.2. The van der Waals surface area contributed by atoms with Gasteiger partial charge < -0.3 is 53.3 Å². The molecule has 81 heavy (non-hydrogen) atoms. The summed E-state index contributed by atoms with van der Waals surface area (Å²) < 4.78 is 59.8. The second-order valence-corrected chi connectivity index (χ2v) is 23.1. The van der Waals surface area contributed by atoms with Crippen molar-refractivity contribution in [2.45, 2.75) is 322 Å². The number of benzene rings is 1. The van der Waals surface area contributed by atoms with Gasteiger partial charge in [0, 0.05) is 58.2 Å². The number of nitrogens with one attached hydrogen (secondary N) is 2. The first-order valence-electron chi connectivity index (χ1n) is 34.0. The van der Waals surface area contributed by atoms with Gasteiger partial charge in [-0.25, -0.2) is 0 Å². The van der Waals surface area contributed by atoms with E-state index in [1.165, 1.54) is 77.0 Å². The fraction of sp³-hybridized carbons (Fsp3) is 0.882. The Balaban J connectivity index is 2.29. The molecule has 2 rings (SSSR count). The third-order valence-corrected chi connectivity index (χ3v) is 15.7. The van der Waals surface area contributed by atoms with Gasteiger partial charge in [0.15, 0.2) is 6.29 Å². The zero-order valence-electron chi connectivity index (χ0n) is 53.5. The topological polar surface area (TPSA) is 141 Å². The molecule has 0 radical (unpaired) electrons. The van der Waals surface area contributed by atoms with Gasteiger partial charge >= 0.3 is 0 Å². The van der Waals surface area contributed by atoms with E-state index in [2.05, 4.69) is 59.1 Å². The van der Waals surface area contributed by atoms with E-state index in [9.17, 15) is 9.59 Å². The summed E-state index contributed by atoms with van der Waals surface area (Å²) >= 11 is 0. The summed E-state index contributed by atoms with van der Waals surface area (Å²) in [5.74, 6) is 0.634. The van der Waals surface area contributed by atoms with Gasteiger partial charge in [-0.3, -0.25) is 9.59 Å². The Morgan fingerprint density at radius 2 is 1.01 bits per heavy atom. The van der Waals surface area contributed by atoms with Crippen LogP contribution >= 0.6 is 0 Å². The summed E-state index contributed by atoms with van der Waals surface area (Å²) in [5, 5.41) is 6.54. The van der Waals surface area contributed by atoms with Crippen molar-refractivity contribution in [1.82, 2.24) is 10.6 Å². The van der Waals surface area contributed by atoms with Crippen LogP contribution in [0.1, 0.15) is 284 Å². The van der Waals surface area contributed by atoms with Crippen molar-refractivity contribution in [2.75, 3.05) is 66.5 Å². The van der Waals surface area contributed by atoms with Crippen LogP contribution in [0.25, 0.3) is 0 Å². The average molecular weight is 1150 g/mol. The first-order valence-corrected chi connectivity index (χ1v) is 34.0. The Hall–Kier alpha value is -2.36. The Bertz CT molecular complexity index is 1570. The lowest BCUT2D eigenvalue weighted by Crippen LogP contribution is -2.63. The second kappa shape index (κ2) is 53.1. The molecule has 8 atom stereocenters. The van der Waals surface area contributed by atoms with E-state index in [0.29, 0.717) is 70.5 Å². The van der Waals surface area contributed by atoms with Gasteiger partial charge in [0.25, 0.3) is 5.91 Å². The molecule has 1 aliphatic rings. The Morgan fingerprint density at radius 1 is 0.519 bits per heavy atom. The van der Waals surface area contributed by atoms with Gasteiger partial charge in [0.05, 0.1) is 32.5 Å². The van der Waals surface area contributed by atoms with Crippen LogP contribution in [0.2, 0.25) is 0 Å². The summed E-state index contributed by atoms with van der Waals surface area (Å²) in [6.07, 6.45) is 34.8. The van der Waals surface area contributed by atoms with Crippen molar-refractivity contribution in [1.29, 1.82) is 0 Å². The van der Waals surface area contributed by atoms with Gasteiger partial charge in [0.2, 0.25) is 5.91 Å². The number of carbonyl (C=O) groups is 2. The molecule has 13 heteroatoms. The molecule has 0 saturated carbocycles. The number of rotatable bonds is 58. The SMILES string of the molecule is CCCCCCCCCCCCCC[C@@H](OCCCC)[C@@H](OCCCC)[C@H](CO[C@H]1OC(COCCCC)[C@H](OCCCC)[C@H](OCCCC)C1OCCCC)NC(=O)CCCCCCCCCCCNC(=O)c1cccc(OC)c1. The minimum atomic E-state index is -0.795. The summed E-state index contributed by atoms with van der Waals surface area (Å²) in [6, 6.07) is 6.77. The van der Waals surface area contributed by atoms with Gasteiger partial charge in [-0.05, 0) is 76.0 Å². The fourth-order valence-corrected chi connectivity index (χ4v) is 10.4. The lowest BCUT2D eigenvalue weighted by molar-refractivity contribution is -0.325. The largest absolute Gasteiger partial charge is 0.497 e. The van der Waals surface area contributed by atoms with Crippen LogP contribution in [-0.2, 0) is 42.7 Å². The lowest BCUT2D eigenvalue weighted by Gasteiger charge is -2.46. The van der Waals surface area contributed by atoms with Crippen molar-refractivity contribution in [2.24, 2.45) is 0 Å². The normalized spacial score (nSPS) is 18.4. The highest BCUT2D eigenvalue weighted by atomic mass is 16.7. The molecule has 1 heterocycles. The molecule has 2 unspecified atom stereocenters. The maximum absolute atomic E-state index is 14.3. The Kier molecular flexibility index (Phi) is 49.0. The molecule has 13 nitrogen and oxygen atoms in total. The standard InChI is InChI=1S/C68H126N2O11/c1-9-16-23-24-25-26-27-28-30-33-36-39-45-60(75-49-18-11-3)63(76-50-19-12-4)59(70-62(71)46-40-37-34-31-29-32-35-38-41-47-69-67(72)57-43-42-44-58(54-57)73-8)55-80-68-66(79-53-22-15-7)65(78-52-21-14-6)64(77-51-20-13-5)61(81-68)56-74-48-17-10-2/h42-44,54,59-61,63-66,68H,9-41,45-53,55-56H2,1-8H3,(H,69,72)(H,70,71)/t59-,60+,61?,63-,64-,65-,66?,68-/m0/s1. The quantitative estimate of drug-likeness (QED) is 0.0602. The van der Waals surface area contributed by atoms with Crippen molar-refractivity contribution in [3.8, 4) is 5.75 Å². The molecule has 2 N–H and O–H groups in total. The molecule has 1 saturated heterocycles. The molecule has 0 aromatic heterocycles. The Morgan fingerprint density at radius 3 is 1.59 bits per heavy atom. The van der Waals surface area contributed by atoms with Gasteiger partial charge in [-0.1, -0.05) is 215 Å². The van der Waals surface area contributed by atoms with E-state index in [-0.39, 0.29) is 24.5 Å². The van der Waals surface area contributed by atoms with Gasteiger partial charge in [-0.15, -0.1) is 0 Å². The summed E-state index contributed by atoms with van der Waals surface area (Å²) in [5.41, 5.74) is 0.621. The lowest BCUT2D eigenvalue weighted by atomic mass is 9.97. The van der Waals surface area contributed by atoms with E-state index in [4.69, 9.17) is 42.6 Å². The number of methoxy groups -OCH3 is 1. The van der Waals surface area contributed by atoms with Crippen LogP contribution in [0, 0.1) is 0 Å². The number of unbranched alkanes of at least 4 members (excludes halogenated alkanes) is 25. The van der Waals surface area contributed by atoms with E-state index in [0.717, 1.165) is 141 Å². The molecule has 0 aliphatic carbocycles. The molecular formula is C68H126N2O11. The van der Waals surface area contributed by atoms with Crippen molar-refractivity contribution in [3.63, 3.8) is 0 Å². The molecule has 1 aromatic carbocycles. The van der Waals surface area contributed by atoms with E-state index >= 15 is 0 Å². The highest BCUT2D eigenvalue weighted by Crippen LogP contribution is 2.31. The molecule has 474 valence electrons. The highest BCUT2D eigenvalue weighted by molar-refractivity contribution is 5.94. The van der Waals surface area contributed by atoms with E-state index < -0.39 is 42.9 Å². The smallest absolute Gasteiger partial charge is 0.251 e. The van der Waals surface area contributed by atoms with Crippen molar-refractivity contribution >= 4 is 11.8 Å². The predicted molar refractivity (Wildman–Crippen MR) is 333 cm³/mol. The number of hydrogen-bond acceptors (Lipinski definition) is 11. The fourth-order valence-electron chi connectivity index (χ4n) is 10.4. The molecule has 1 aromatic rings.